The summed E-state index contributed by atoms with van der Waals surface area (Å²) in [7, 11) is 0. The predicted octanol–water partition coefficient (Wildman–Crippen LogP) is 3.23. The van der Waals surface area contributed by atoms with Crippen LogP contribution in [0.5, 0.6) is 11.5 Å². The van der Waals surface area contributed by atoms with Gasteiger partial charge in [0.1, 0.15) is 5.75 Å². The number of carbonyl (C=O) groups is 2. The molecule has 0 atom stereocenters. The molecule has 0 aliphatic rings. The summed E-state index contributed by atoms with van der Waals surface area (Å²) in [6, 6.07) is 22.6. The van der Waals surface area contributed by atoms with E-state index in [4.69, 9.17) is 10.2 Å². The Kier molecular flexibility index (Phi) is 10.5. The van der Waals surface area contributed by atoms with Gasteiger partial charge in [0.05, 0.1) is 22.6 Å². The zero-order valence-corrected chi connectivity index (χ0v) is 23.9. The second-order valence-corrected chi connectivity index (χ2v) is 7.78. The first kappa shape index (κ1) is 29.2. The number of aromatic hydroxyl groups is 1. The van der Waals surface area contributed by atoms with Crippen LogP contribution in [0, 0.1) is 13.8 Å². The second kappa shape index (κ2) is 13.3. The molecule has 37 heavy (non-hydrogen) atoms. The Morgan fingerprint density at radius 3 is 1.49 bits per heavy atom. The number of aryl methyl sites for hydroxylation is 2. The number of hydrogen-bond acceptors (Lipinski definition) is 7. The van der Waals surface area contributed by atoms with Gasteiger partial charge in [-0.1, -0.05) is 36.4 Å². The molecular formula is C28H22N2O6Pb. The zero-order chi connectivity index (χ0) is 26.2. The molecule has 5 aromatic rings. The van der Waals surface area contributed by atoms with Crippen LogP contribution in [-0.2, 0) is 0 Å². The first-order valence-corrected chi connectivity index (χ1v) is 10.8. The molecule has 0 saturated carbocycles. The normalized spacial score (nSPS) is 9.78. The van der Waals surface area contributed by atoms with Crippen molar-refractivity contribution in [3.05, 3.63) is 107 Å². The van der Waals surface area contributed by atoms with Crippen molar-refractivity contribution in [2.45, 2.75) is 13.8 Å². The van der Waals surface area contributed by atoms with Crippen molar-refractivity contribution in [2.75, 3.05) is 0 Å². The van der Waals surface area contributed by atoms with E-state index in [1.54, 1.807) is 0 Å². The van der Waals surface area contributed by atoms with Gasteiger partial charge in [0.25, 0.3) is 0 Å². The van der Waals surface area contributed by atoms with Crippen LogP contribution in [0.15, 0.2) is 84.9 Å². The molecule has 2 aromatic heterocycles. The third kappa shape index (κ3) is 8.24. The number of aromatic nitrogens is 2. The predicted molar refractivity (Wildman–Crippen MR) is 138 cm³/mol. The van der Waals surface area contributed by atoms with Crippen molar-refractivity contribution in [1.29, 1.82) is 0 Å². The molecule has 0 spiro atoms. The first-order chi connectivity index (χ1) is 17.1. The van der Waals surface area contributed by atoms with Crippen LogP contribution in [0.25, 0.3) is 21.8 Å². The summed E-state index contributed by atoms with van der Waals surface area (Å²) in [5.41, 5.74) is 4.27. The fourth-order valence-electron chi connectivity index (χ4n) is 3.16. The van der Waals surface area contributed by atoms with E-state index in [0.29, 0.717) is 0 Å². The molecule has 0 unspecified atom stereocenters. The number of carbonyl (C=O) groups excluding carboxylic acids is 1. The Hall–Kier alpha value is -4.06. The van der Waals surface area contributed by atoms with Gasteiger partial charge < -0.3 is 25.2 Å². The van der Waals surface area contributed by atoms with Crippen LogP contribution in [0.4, 0.5) is 0 Å². The molecule has 9 heteroatoms. The standard InChI is InChI=1S/C14H12N2.2C7H6O3.Pb/c1-9-3-5-11-7-8-12-6-4-10(2)16-14(12)13(11)15-9;2*8-6-3-1-5(2-4-6)7(9)10;/h3-8H,1-2H3;2*1-4,8H,(H,9,10);/q;;;+2/p-2. The van der Waals surface area contributed by atoms with E-state index in [9.17, 15) is 19.8 Å². The van der Waals surface area contributed by atoms with Gasteiger partial charge in [0.2, 0.25) is 0 Å². The number of nitrogens with zero attached hydrogens (tertiary/aromatic N) is 2. The average molecular weight is 690 g/mol. The fraction of sp³-hybridized carbons (Fsp3) is 0.0714. The summed E-state index contributed by atoms with van der Waals surface area (Å²) in [4.78, 5) is 29.5. The molecule has 3 aromatic carbocycles. The first-order valence-electron chi connectivity index (χ1n) is 10.8. The van der Waals surface area contributed by atoms with Gasteiger partial charge in [-0.05, 0) is 67.9 Å². The molecular weight excluding hydrogens is 668 g/mol. The van der Waals surface area contributed by atoms with Gasteiger partial charge in [0.15, 0.2) is 0 Å². The molecule has 184 valence electrons. The zero-order valence-electron chi connectivity index (χ0n) is 20.0. The Morgan fingerprint density at radius 2 is 1.08 bits per heavy atom. The van der Waals surface area contributed by atoms with E-state index >= 15 is 0 Å². The molecule has 0 amide bonds. The van der Waals surface area contributed by atoms with Crippen LogP contribution >= 0.6 is 0 Å². The second-order valence-electron chi connectivity index (χ2n) is 7.78. The number of phenolic OH excluding ortho intramolecular Hbond substituents is 1. The van der Waals surface area contributed by atoms with Crippen LogP contribution in [0.3, 0.4) is 0 Å². The summed E-state index contributed by atoms with van der Waals surface area (Å²) in [5, 5.41) is 40.0. The number of hydrogen-bond donors (Lipinski definition) is 2. The molecule has 2 N–H and O–H groups in total. The molecule has 2 radical (unpaired) electrons. The smallest absolute Gasteiger partial charge is 0.872 e. The molecule has 0 fully saturated rings. The van der Waals surface area contributed by atoms with Crippen LogP contribution in [-0.4, -0.2) is 59.4 Å². The Morgan fingerprint density at radius 1 is 0.676 bits per heavy atom. The molecule has 2 heterocycles. The van der Waals surface area contributed by atoms with Crippen molar-refractivity contribution in [1.82, 2.24) is 9.97 Å². The average Bonchev–Trinajstić information content (AvgIpc) is 2.85. The number of phenols is 1. The summed E-state index contributed by atoms with van der Waals surface area (Å²) < 4.78 is 0. The molecule has 0 aliphatic carbocycles. The molecule has 0 saturated heterocycles. The molecule has 0 bridgehead atoms. The minimum absolute atomic E-state index is 0. The molecule has 5 rings (SSSR count). The number of fused-ring (bicyclic) bond motifs is 3. The van der Waals surface area contributed by atoms with Crippen LogP contribution in [0.1, 0.15) is 32.1 Å². The Bertz CT molecular complexity index is 1400. The SMILES string of the molecule is Cc1ccc2ccc3ccc(C)nc3c2n1.O=C(O)c1ccc([O-])cc1.O=C([O-])c1ccc(O)cc1.[Pb+2]. The van der Waals surface area contributed by atoms with Gasteiger partial charge in [0, 0.05) is 22.2 Å². The molecule has 8 nitrogen and oxygen atoms in total. The summed E-state index contributed by atoms with van der Waals surface area (Å²) in [5.74, 6) is -2.38. The van der Waals surface area contributed by atoms with Crippen molar-refractivity contribution in [2.24, 2.45) is 0 Å². The van der Waals surface area contributed by atoms with E-state index in [2.05, 4.69) is 34.2 Å². The maximum absolute atomic E-state index is 10.5. The van der Waals surface area contributed by atoms with Crippen LogP contribution < -0.4 is 10.2 Å². The number of benzene rings is 3. The maximum Gasteiger partial charge on any atom is 2.00 e. The third-order valence-electron chi connectivity index (χ3n) is 5.00. The number of carboxylic acids is 2. The van der Waals surface area contributed by atoms with E-state index in [-0.39, 0.29) is 49.9 Å². The summed E-state index contributed by atoms with van der Waals surface area (Å²) in [6.07, 6.45) is 0. The van der Waals surface area contributed by atoms with Crippen LogP contribution in [0.2, 0.25) is 0 Å². The summed E-state index contributed by atoms with van der Waals surface area (Å²) in [6.45, 7) is 4.02. The largest absolute Gasteiger partial charge is 2.00 e. The minimum atomic E-state index is -1.24. The maximum atomic E-state index is 10.5. The van der Waals surface area contributed by atoms with E-state index in [0.717, 1.165) is 33.2 Å². The quantitative estimate of drug-likeness (QED) is 0.212. The Balaban J connectivity index is 0.000000202. The number of rotatable bonds is 2. The van der Waals surface area contributed by atoms with E-state index in [1.807, 2.05) is 26.0 Å². The number of carboxylic acid groups (broad SMARTS) is 2. The van der Waals surface area contributed by atoms with Crippen molar-refractivity contribution in [3.63, 3.8) is 0 Å². The van der Waals surface area contributed by atoms with Gasteiger partial charge >= 0.3 is 33.3 Å². The monoisotopic (exact) mass is 690 g/mol. The third-order valence-corrected chi connectivity index (χ3v) is 5.00. The van der Waals surface area contributed by atoms with Crippen molar-refractivity contribution >= 4 is 61.0 Å². The van der Waals surface area contributed by atoms with Gasteiger partial charge in [-0.15, -0.1) is 5.75 Å². The van der Waals surface area contributed by atoms with Crippen molar-refractivity contribution in [3.8, 4) is 11.5 Å². The summed E-state index contributed by atoms with van der Waals surface area (Å²) >= 11 is 0. The Labute approximate surface area is 233 Å². The topological polar surface area (TPSA) is 146 Å². The minimum Gasteiger partial charge on any atom is -0.872 e. The fourth-order valence-corrected chi connectivity index (χ4v) is 3.16. The molecule has 0 aliphatic heterocycles. The van der Waals surface area contributed by atoms with Gasteiger partial charge in [-0.2, -0.15) is 0 Å². The van der Waals surface area contributed by atoms with Gasteiger partial charge in [-0.3, -0.25) is 9.97 Å². The van der Waals surface area contributed by atoms with Crippen molar-refractivity contribution < 1.29 is 30.0 Å². The number of pyridine rings is 2. The van der Waals surface area contributed by atoms with E-state index < -0.39 is 11.9 Å². The van der Waals surface area contributed by atoms with Gasteiger partial charge in [-0.25, -0.2) is 4.79 Å². The van der Waals surface area contributed by atoms with E-state index in [1.165, 1.54) is 48.5 Å². The number of aromatic carboxylic acids is 2.